The Morgan fingerprint density at radius 1 is 0.380 bits per heavy atom. The molecule has 12 aromatic carbocycles. The standard InChI is InChI=1S/C66H45N5/c1-69-65(42-20-3-2-4-21-42)67-64(55-39-43-22-6-8-24-45(43)48-27-11-12-28-49(48)55)68-66(69)52-33-17-32-51-50(52)31-18-36-56(51)70-57-34-15-14-30-54(57)62-60(70)40-44-23-7-10-26-47(44)63(62)71-58-35-16-13-29-53(58)61-46-25-9-5-19-41(46)37-38-59(61)71/h2-40,65-66H,1H3,(H,67,68). The second kappa shape index (κ2) is 15.5. The molecule has 0 fully saturated rings. The number of rotatable bonds is 5. The van der Waals surface area contributed by atoms with Crippen LogP contribution in [-0.4, -0.2) is 26.9 Å². The summed E-state index contributed by atoms with van der Waals surface area (Å²) in [7, 11) is 2.20. The minimum absolute atomic E-state index is 0.139. The lowest BCUT2D eigenvalue weighted by Gasteiger charge is -2.40. The van der Waals surface area contributed by atoms with Crippen molar-refractivity contribution in [3.05, 3.63) is 253 Å². The van der Waals surface area contributed by atoms with Crippen molar-refractivity contribution in [2.45, 2.75) is 12.3 Å². The maximum Gasteiger partial charge on any atom is 0.132 e. The van der Waals surface area contributed by atoms with E-state index >= 15 is 0 Å². The lowest BCUT2D eigenvalue weighted by atomic mass is 9.95. The highest BCUT2D eigenvalue weighted by Gasteiger charge is 2.33. The van der Waals surface area contributed by atoms with Gasteiger partial charge in [0.1, 0.15) is 18.2 Å². The Morgan fingerprint density at radius 3 is 1.75 bits per heavy atom. The van der Waals surface area contributed by atoms with Crippen molar-refractivity contribution >= 4 is 103 Å². The molecule has 1 aliphatic heterocycles. The molecular weight excluding hydrogens is 863 g/mol. The van der Waals surface area contributed by atoms with Crippen LogP contribution in [0.25, 0.3) is 109 Å². The van der Waals surface area contributed by atoms with Crippen molar-refractivity contribution in [2.24, 2.45) is 4.99 Å². The summed E-state index contributed by atoms with van der Waals surface area (Å²) in [5.74, 6) is 0.886. The quantitative estimate of drug-likeness (QED) is 0.175. The second-order valence-corrected chi connectivity index (χ2v) is 19.1. The first-order valence-corrected chi connectivity index (χ1v) is 24.6. The monoisotopic (exact) mass is 907 g/mol. The van der Waals surface area contributed by atoms with E-state index in [-0.39, 0.29) is 12.3 Å². The first-order chi connectivity index (χ1) is 35.2. The van der Waals surface area contributed by atoms with Crippen molar-refractivity contribution in [1.82, 2.24) is 19.4 Å². The molecule has 0 saturated carbocycles. The Bertz CT molecular complexity index is 4540. The molecule has 0 spiro atoms. The molecule has 2 aromatic heterocycles. The van der Waals surface area contributed by atoms with E-state index in [1.807, 2.05) is 0 Å². The summed E-state index contributed by atoms with van der Waals surface area (Å²) in [6.45, 7) is 0. The van der Waals surface area contributed by atoms with Gasteiger partial charge in [-0.15, -0.1) is 0 Å². The maximum atomic E-state index is 5.74. The summed E-state index contributed by atoms with van der Waals surface area (Å²) in [5.41, 5.74) is 10.5. The van der Waals surface area contributed by atoms with Crippen LogP contribution in [0.3, 0.4) is 0 Å². The molecule has 5 heteroatoms. The van der Waals surface area contributed by atoms with Crippen LogP contribution in [-0.2, 0) is 0 Å². The molecule has 14 aromatic rings. The van der Waals surface area contributed by atoms with E-state index in [9.17, 15) is 0 Å². The Labute approximate surface area is 409 Å². The fourth-order valence-corrected chi connectivity index (χ4v) is 12.2. The third-order valence-electron chi connectivity index (χ3n) is 15.4. The average Bonchev–Trinajstić information content (AvgIpc) is 3.95. The summed E-state index contributed by atoms with van der Waals surface area (Å²) in [4.78, 5) is 8.13. The van der Waals surface area contributed by atoms with E-state index in [4.69, 9.17) is 4.99 Å². The minimum atomic E-state index is -0.305. The van der Waals surface area contributed by atoms with Crippen LogP contribution in [0, 0.1) is 0 Å². The topological polar surface area (TPSA) is 37.5 Å². The number of hydrogen-bond donors (Lipinski definition) is 1. The number of amidine groups is 1. The molecule has 0 aliphatic carbocycles. The van der Waals surface area contributed by atoms with Crippen molar-refractivity contribution in [3.63, 3.8) is 0 Å². The lowest BCUT2D eigenvalue weighted by Crippen LogP contribution is -2.46. The molecule has 1 aliphatic rings. The van der Waals surface area contributed by atoms with Crippen molar-refractivity contribution in [3.8, 4) is 11.4 Å². The number of fused-ring (bicyclic) bond motifs is 13. The first kappa shape index (κ1) is 39.9. The van der Waals surface area contributed by atoms with Gasteiger partial charge >= 0.3 is 0 Å². The third kappa shape index (κ3) is 5.88. The highest BCUT2D eigenvalue weighted by molar-refractivity contribution is 6.26. The maximum absolute atomic E-state index is 5.74. The predicted octanol–water partition coefficient (Wildman–Crippen LogP) is 16.3. The highest BCUT2D eigenvalue weighted by atomic mass is 15.4. The van der Waals surface area contributed by atoms with Gasteiger partial charge in [-0.05, 0) is 97.7 Å². The molecule has 0 amide bonds. The van der Waals surface area contributed by atoms with E-state index < -0.39 is 0 Å². The van der Waals surface area contributed by atoms with E-state index in [1.54, 1.807) is 0 Å². The van der Waals surface area contributed by atoms with Gasteiger partial charge in [0.2, 0.25) is 0 Å². The van der Waals surface area contributed by atoms with Crippen LogP contribution in [0.2, 0.25) is 0 Å². The van der Waals surface area contributed by atoms with Crippen LogP contribution in [0.1, 0.15) is 29.0 Å². The Hall–Kier alpha value is -9.03. The van der Waals surface area contributed by atoms with Crippen molar-refractivity contribution in [1.29, 1.82) is 0 Å². The molecule has 1 N–H and O–H groups in total. The number of para-hydroxylation sites is 2. The molecule has 0 radical (unpaired) electrons. The second-order valence-electron chi connectivity index (χ2n) is 19.1. The number of aliphatic imine (C=N–C) groups is 1. The van der Waals surface area contributed by atoms with Crippen LogP contribution in [0.5, 0.6) is 0 Å². The molecule has 3 heterocycles. The molecule has 0 bridgehead atoms. The molecule has 71 heavy (non-hydrogen) atoms. The third-order valence-corrected chi connectivity index (χ3v) is 15.4. The van der Waals surface area contributed by atoms with Gasteiger partial charge < -0.3 is 14.5 Å². The van der Waals surface area contributed by atoms with E-state index in [1.165, 1.54) is 97.7 Å². The van der Waals surface area contributed by atoms with Gasteiger partial charge in [0.05, 0.1) is 33.4 Å². The van der Waals surface area contributed by atoms with Crippen molar-refractivity contribution in [2.75, 3.05) is 7.05 Å². The van der Waals surface area contributed by atoms with Crippen LogP contribution in [0.4, 0.5) is 0 Å². The molecule has 2 atom stereocenters. The van der Waals surface area contributed by atoms with Crippen LogP contribution >= 0.6 is 0 Å². The zero-order chi connectivity index (χ0) is 46.7. The number of hydrogen-bond acceptors (Lipinski definition) is 3. The zero-order valence-electron chi connectivity index (χ0n) is 39.0. The summed E-state index contributed by atoms with van der Waals surface area (Å²) in [5, 5.41) is 21.0. The molecule has 15 rings (SSSR count). The number of aromatic nitrogens is 2. The highest BCUT2D eigenvalue weighted by Crippen LogP contribution is 2.46. The Morgan fingerprint density at radius 2 is 0.958 bits per heavy atom. The summed E-state index contributed by atoms with van der Waals surface area (Å²) in [6, 6.07) is 86.8. The Balaban J connectivity index is 0.990. The minimum Gasteiger partial charge on any atom is -0.350 e. The van der Waals surface area contributed by atoms with Crippen molar-refractivity contribution < 1.29 is 0 Å². The lowest BCUT2D eigenvalue weighted by molar-refractivity contribution is 0.153. The van der Waals surface area contributed by atoms with Gasteiger partial charge in [0, 0.05) is 37.9 Å². The summed E-state index contributed by atoms with van der Waals surface area (Å²) < 4.78 is 5.06. The summed E-state index contributed by atoms with van der Waals surface area (Å²) >= 11 is 0. The average molecular weight is 908 g/mol. The predicted molar refractivity (Wildman–Crippen MR) is 298 cm³/mol. The molecule has 5 nitrogen and oxygen atoms in total. The first-order valence-electron chi connectivity index (χ1n) is 24.6. The molecular formula is C66H45N5. The smallest absolute Gasteiger partial charge is 0.132 e. The van der Waals surface area contributed by atoms with Gasteiger partial charge in [-0.1, -0.05) is 200 Å². The molecule has 2 unspecified atom stereocenters. The van der Waals surface area contributed by atoms with Gasteiger partial charge in [-0.2, -0.15) is 0 Å². The number of nitrogens with zero attached hydrogens (tertiary/aromatic N) is 4. The summed E-state index contributed by atoms with van der Waals surface area (Å²) in [6.07, 6.45) is -0.444. The van der Waals surface area contributed by atoms with Crippen LogP contribution < -0.4 is 5.32 Å². The number of nitrogens with one attached hydrogen (secondary N) is 1. The fourth-order valence-electron chi connectivity index (χ4n) is 12.2. The van der Waals surface area contributed by atoms with E-state index in [0.29, 0.717) is 0 Å². The zero-order valence-corrected chi connectivity index (χ0v) is 39.0. The fraction of sp³-hybridized carbons (Fsp3) is 0.0455. The molecule has 0 saturated heterocycles. The van der Waals surface area contributed by atoms with Gasteiger partial charge in [0.15, 0.2) is 0 Å². The van der Waals surface area contributed by atoms with Gasteiger partial charge in [0.25, 0.3) is 0 Å². The largest absolute Gasteiger partial charge is 0.350 e. The van der Waals surface area contributed by atoms with Crippen LogP contribution in [0.15, 0.2) is 242 Å². The number of benzene rings is 12. The molecule has 334 valence electrons. The van der Waals surface area contributed by atoms with Gasteiger partial charge in [-0.25, -0.2) is 4.99 Å². The Kier molecular flexibility index (Phi) is 8.71. The van der Waals surface area contributed by atoms with E-state index in [0.717, 1.165) is 33.7 Å². The SMILES string of the molecule is CN1C(c2cccc3c(-n4c5ccccc5c5c(-n6c7ccccc7c7c8ccccc8ccc76)c6ccccc6cc54)cccc23)N=C(c2cc3ccccc3c3ccccc23)NC1c1ccccc1. The normalized spacial score (nSPS) is 15.5. The van der Waals surface area contributed by atoms with Gasteiger partial charge in [-0.3, -0.25) is 4.90 Å². The van der Waals surface area contributed by atoms with E-state index in [2.05, 4.69) is 263 Å².